The van der Waals surface area contributed by atoms with Gasteiger partial charge in [0.2, 0.25) is 5.91 Å². The number of para-hydroxylation sites is 1. The van der Waals surface area contributed by atoms with Gasteiger partial charge in [-0.2, -0.15) is 0 Å². The summed E-state index contributed by atoms with van der Waals surface area (Å²) >= 11 is 0. The monoisotopic (exact) mass is 367 g/mol. The van der Waals surface area contributed by atoms with Crippen molar-refractivity contribution in [1.82, 2.24) is 5.32 Å². The maximum Gasteiger partial charge on any atom is 0.225 e. The van der Waals surface area contributed by atoms with Gasteiger partial charge in [0.1, 0.15) is 5.75 Å². The average molecular weight is 367 g/mol. The summed E-state index contributed by atoms with van der Waals surface area (Å²) in [6.45, 7) is 4.89. The SMILES string of the molecule is COc1ccccc1CNC(C)CC(=O)Nc1cccc(N2CCCC2)c1. The lowest BCUT2D eigenvalue weighted by molar-refractivity contribution is -0.116. The van der Waals surface area contributed by atoms with E-state index in [2.05, 4.69) is 27.7 Å². The molecule has 1 aliphatic rings. The lowest BCUT2D eigenvalue weighted by atomic mass is 10.1. The Morgan fingerprint density at radius 2 is 1.93 bits per heavy atom. The maximum absolute atomic E-state index is 12.4. The molecule has 1 heterocycles. The van der Waals surface area contributed by atoms with Crippen molar-refractivity contribution >= 4 is 17.3 Å². The number of hydrogen-bond acceptors (Lipinski definition) is 4. The van der Waals surface area contributed by atoms with Crippen molar-refractivity contribution in [3.05, 3.63) is 54.1 Å². The smallest absolute Gasteiger partial charge is 0.225 e. The Bertz CT molecular complexity index is 757. The number of benzene rings is 2. The van der Waals surface area contributed by atoms with E-state index in [4.69, 9.17) is 4.74 Å². The third-order valence-corrected chi connectivity index (χ3v) is 4.93. The number of nitrogens with zero attached hydrogens (tertiary/aromatic N) is 1. The van der Waals surface area contributed by atoms with E-state index in [1.807, 2.05) is 43.3 Å². The second-order valence-corrected chi connectivity index (χ2v) is 7.09. The van der Waals surface area contributed by atoms with Gasteiger partial charge in [-0.25, -0.2) is 0 Å². The van der Waals surface area contributed by atoms with Crippen LogP contribution < -0.4 is 20.3 Å². The highest BCUT2D eigenvalue weighted by Crippen LogP contribution is 2.23. The number of hydrogen-bond donors (Lipinski definition) is 2. The Hall–Kier alpha value is -2.53. The van der Waals surface area contributed by atoms with Crippen LogP contribution in [0.25, 0.3) is 0 Å². The molecule has 0 aliphatic carbocycles. The lowest BCUT2D eigenvalue weighted by Crippen LogP contribution is -2.30. The Kier molecular flexibility index (Phi) is 6.71. The minimum Gasteiger partial charge on any atom is -0.496 e. The molecule has 3 rings (SSSR count). The zero-order chi connectivity index (χ0) is 19.1. The normalized spacial score (nSPS) is 14.8. The zero-order valence-electron chi connectivity index (χ0n) is 16.2. The fourth-order valence-electron chi connectivity index (χ4n) is 3.45. The molecule has 1 unspecified atom stereocenters. The van der Waals surface area contributed by atoms with Gasteiger partial charge in [-0.1, -0.05) is 24.3 Å². The molecule has 0 bridgehead atoms. The van der Waals surface area contributed by atoms with Crippen LogP contribution in [-0.2, 0) is 11.3 Å². The summed E-state index contributed by atoms with van der Waals surface area (Å²) in [5.74, 6) is 0.883. The van der Waals surface area contributed by atoms with Crippen LogP contribution in [0.5, 0.6) is 5.75 Å². The van der Waals surface area contributed by atoms with Crippen molar-refractivity contribution < 1.29 is 9.53 Å². The van der Waals surface area contributed by atoms with Gasteiger partial charge in [-0.05, 0) is 44.0 Å². The minimum atomic E-state index is 0.0219. The summed E-state index contributed by atoms with van der Waals surface area (Å²) in [6.07, 6.45) is 2.90. The molecule has 1 amide bonds. The molecule has 0 saturated carbocycles. The number of carbonyl (C=O) groups is 1. The van der Waals surface area contributed by atoms with Crippen LogP contribution in [0.15, 0.2) is 48.5 Å². The lowest BCUT2D eigenvalue weighted by Gasteiger charge is -2.19. The second kappa shape index (κ2) is 9.42. The fraction of sp³-hybridized carbons (Fsp3) is 0.409. The van der Waals surface area contributed by atoms with Gasteiger partial charge >= 0.3 is 0 Å². The van der Waals surface area contributed by atoms with E-state index in [9.17, 15) is 4.79 Å². The first-order valence-corrected chi connectivity index (χ1v) is 9.66. The molecule has 2 aromatic carbocycles. The van der Waals surface area contributed by atoms with Crippen molar-refractivity contribution in [3.63, 3.8) is 0 Å². The highest BCUT2D eigenvalue weighted by Gasteiger charge is 2.14. The van der Waals surface area contributed by atoms with Gasteiger partial charge in [0.05, 0.1) is 7.11 Å². The summed E-state index contributed by atoms with van der Waals surface area (Å²) in [5.41, 5.74) is 3.14. The van der Waals surface area contributed by atoms with E-state index in [1.165, 1.54) is 18.5 Å². The predicted molar refractivity (Wildman–Crippen MR) is 110 cm³/mol. The van der Waals surface area contributed by atoms with E-state index in [0.29, 0.717) is 13.0 Å². The summed E-state index contributed by atoms with van der Waals surface area (Å²) in [5, 5.41) is 6.42. The predicted octanol–water partition coefficient (Wildman–Crippen LogP) is 3.80. The molecule has 0 radical (unpaired) electrons. The highest BCUT2D eigenvalue weighted by molar-refractivity contribution is 5.91. The molecule has 0 spiro atoms. The number of methoxy groups -OCH3 is 1. The molecule has 1 aliphatic heterocycles. The average Bonchev–Trinajstić information content (AvgIpc) is 3.21. The molecular formula is C22H29N3O2. The molecule has 1 atom stereocenters. The Labute approximate surface area is 161 Å². The van der Waals surface area contributed by atoms with E-state index in [1.54, 1.807) is 7.11 Å². The molecule has 2 aromatic rings. The third-order valence-electron chi connectivity index (χ3n) is 4.93. The molecule has 27 heavy (non-hydrogen) atoms. The second-order valence-electron chi connectivity index (χ2n) is 7.09. The van der Waals surface area contributed by atoms with Crippen LogP contribution >= 0.6 is 0 Å². The largest absolute Gasteiger partial charge is 0.496 e. The van der Waals surface area contributed by atoms with Gasteiger partial charge < -0.3 is 20.3 Å². The van der Waals surface area contributed by atoms with Crippen molar-refractivity contribution in [2.45, 2.75) is 38.8 Å². The molecule has 5 heteroatoms. The van der Waals surface area contributed by atoms with Crippen molar-refractivity contribution in [2.75, 3.05) is 30.4 Å². The first-order valence-electron chi connectivity index (χ1n) is 9.66. The molecule has 144 valence electrons. The number of ether oxygens (including phenoxy) is 1. The topological polar surface area (TPSA) is 53.6 Å². The Balaban J connectivity index is 1.49. The molecule has 5 nitrogen and oxygen atoms in total. The number of rotatable bonds is 8. The molecule has 0 aromatic heterocycles. The third kappa shape index (κ3) is 5.47. The number of carbonyl (C=O) groups excluding carboxylic acids is 1. The summed E-state index contributed by atoms with van der Waals surface area (Å²) in [6, 6.07) is 16.1. The van der Waals surface area contributed by atoms with Crippen LogP contribution in [0.4, 0.5) is 11.4 Å². The molecule has 1 saturated heterocycles. The van der Waals surface area contributed by atoms with Crippen LogP contribution in [-0.4, -0.2) is 32.1 Å². The van der Waals surface area contributed by atoms with Gasteiger partial charge in [0, 0.05) is 49.0 Å². The van der Waals surface area contributed by atoms with Crippen LogP contribution in [0.3, 0.4) is 0 Å². The molecular weight excluding hydrogens is 338 g/mol. The van der Waals surface area contributed by atoms with E-state index in [-0.39, 0.29) is 11.9 Å². The standard InChI is InChI=1S/C22H29N3O2/c1-17(23-16-18-8-3-4-11-21(18)27-2)14-22(26)24-19-9-7-10-20(15-19)25-12-5-6-13-25/h3-4,7-11,15,17,23H,5-6,12-14,16H2,1-2H3,(H,24,26). The van der Waals surface area contributed by atoms with Gasteiger partial charge in [-0.3, -0.25) is 4.79 Å². The molecule has 2 N–H and O–H groups in total. The number of anilines is 2. The van der Waals surface area contributed by atoms with E-state index in [0.717, 1.165) is 30.1 Å². The van der Waals surface area contributed by atoms with Crippen molar-refractivity contribution in [2.24, 2.45) is 0 Å². The Morgan fingerprint density at radius 1 is 1.15 bits per heavy atom. The molecule has 1 fully saturated rings. The van der Waals surface area contributed by atoms with Crippen LogP contribution in [0, 0.1) is 0 Å². The Morgan fingerprint density at radius 3 is 2.70 bits per heavy atom. The zero-order valence-corrected chi connectivity index (χ0v) is 16.2. The first-order chi connectivity index (χ1) is 13.2. The van der Waals surface area contributed by atoms with Gasteiger partial charge in [-0.15, -0.1) is 0 Å². The summed E-state index contributed by atoms with van der Waals surface area (Å²) in [4.78, 5) is 14.8. The van der Waals surface area contributed by atoms with E-state index >= 15 is 0 Å². The van der Waals surface area contributed by atoms with Gasteiger partial charge in [0.15, 0.2) is 0 Å². The maximum atomic E-state index is 12.4. The summed E-state index contributed by atoms with van der Waals surface area (Å²) < 4.78 is 5.37. The fourth-order valence-corrected chi connectivity index (χ4v) is 3.45. The van der Waals surface area contributed by atoms with Gasteiger partial charge in [0.25, 0.3) is 0 Å². The highest BCUT2D eigenvalue weighted by atomic mass is 16.5. The van der Waals surface area contributed by atoms with Crippen LogP contribution in [0.1, 0.15) is 31.7 Å². The van der Waals surface area contributed by atoms with E-state index < -0.39 is 0 Å². The number of amides is 1. The minimum absolute atomic E-state index is 0.0219. The van der Waals surface area contributed by atoms with Crippen molar-refractivity contribution in [3.8, 4) is 5.75 Å². The quantitative estimate of drug-likeness (QED) is 0.745. The van der Waals surface area contributed by atoms with Crippen LogP contribution in [0.2, 0.25) is 0 Å². The first kappa shape index (κ1) is 19.2. The van der Waals surface area contributed by atoms with Crippen molar-refractivity contribution in [1.29, 1.82) is 0 Å². The summed E-state index contributed by atoms with van der Waals surface area (Å²) in [7, 11) is 1.67. The number of nitrogens with one attached hydrogen (secondary N) is 2.